The van der Waals surface area contributed by atoms with Gasteiger partial charge in [-0.2, -0.15) is 5.10 Å². The summed E-state index contributed by atoms with van der Waals surface area (Å²) in [4.78, 5) is 27.6. The Morgan fingerprint density at radius 2 is 2.14 bits per heavy atom. The highest BCUT2D eigenvalue weighted by Gasteiger charge is 2.27. The van der Waals surface area contributed by atoms with Crippen molar-refractivity contribution in [1.82, 2.24) is 24.6 Å². The first-order valence-electron chi connectivity index (χ1n) is 14.4. The smallest absolute Gasteiger partial charge is 0.246 e. The number of rotatable bonds is 8. The van der Waals surface area contributed by atoms with Gasteiger partial charge < -0.3 is 20.7 Å². The second-order valence-electron chi connectivity index (χ2n) is 10.5. The zero-order valence-electron chi connectivity index (χ0n) is 23.8. The summed E-state index contributed by atoms with van der Waals surface area (Å²) in [6.07, 6.45) is 9.10. The van der Waals surface area contributed by atoms with Crippen LogP contribution in [0.25, 0.3) is 10.9 Å². The van der Waals surface area contributed by atoms with Crippen LogP contribution in [0.4, 0.5) is 10.7 Å². The summed E-state index contributed by atoms with van der Waals surface area (Å²) >= 11 is 1.65. The average molecular weight is 585 g/mol. The van der Waals surface area contributed by atoms with E-state index >= 15 is 0 Å². The minimum atomic E-state index is 0.0474. The average Bonchev–Trinajstić information content (AvgIpc) is 3.47. The number of amidine groups is 1. The van der Waals surface area contributed by atoms with Gasteiger partial charge in [0, 0.05) is 62.4 Å². The minimum Gasteiger partial charge on any atom is -0.383 e. The van der Waals surface area contributed by atoms with E-state index in [1.807, 2.05) is 65.3 Å². The molecule has 0 aliphatic carbocycles. The van der Waals surface area contributed by atoms with Crippen molar-refractivity contribution in [3.05, 3.63) is 82.6 Å². The van der Waals surface area contributed by atoms with E-state index in [2.05, 4.69) is 20.3 Å². The molecule has 0 radical (unpaired) electrons. The van der Waals surface area contributed by atoms with Crippen LogP contribution >= 0.6 is 11.3 Å². The number of amides is 1. The van der Waals surface area contributed by atoms with Gasteiger partial charge in [-0.05, 0) is 48.7 Å². The first-order valence-corrected chi connectivity index (χ1v) is 15.2. The standard InChI is InChI=1S/C31H36N8O2S/c1-33-31-29(25-10-14-38(21-27(25)42-31)28(40)7-4-12-37-13-5-16-41-17-15-37)30(32)36-23-8-9-26-22(18-23)19-35-39(26)20-24-6-2-3-11-34-24/h2-4,6-9,11,18-19,33H,5,10,12-17,20-21H2,1H3,(H2,32,36)/b7-4+. The van der Waals surface area contributed by atoms with E-state index < -0.39 is 0 Å². The number of carbonyl (C=O) groups is 1. The fourth-order valence-electron chi connectivity index (χ4n) is 5.54. The summed E-state index contributed by atoms with van der Waals surface area (Å²) in [5, 5.41) is 9.82. The van der Waals surface area contributed by atoms with Gasteiger partial charge in [0.25, 0.3) is 0 Å². The summed E-state index contributed by atoms with van der Waals surface area (Å²) in [7, 11) is 1.90. The Morgan fingerprint density at radius 1 is 1.21 bits per heavy atom. The van der Waals surface area contributed by atoms with Gasteiger partial charge in [0.1, 0.15) is 5.84 Å². The third-order valence-electron chi connectivity index (χ3n) is 7.70. The fourth-order valence-corrected chi connectivity index (χ4v) is 6.76. The van der Waals surface area contributed by atoms with Gasteiger partial charge in [0.15, 0.2) is 0 Å². The molecule has 1 fully saturated rings. The molecule has 0 saturated carbocycles. The van der Waals surface area contributed by atoms with Crippen LogP contribution in [0.1, 0.15) is 28.1 Å². The van der Waals surface area contributed by atoms with Crippen molar-refractivity contribution in [3.63, 3.8) is 0 Å². The molecule has 3 aromatic heterocycles. The Morgan fingerprint density at radius 3 is 3.00 bits per heavy atom. The summed E-state index contributed by atoms with van der Waals surface area (Å²) in [6, 6.07) is 11.9. The van der Waals surface area contributed by atoms with Gasteiger partial charge in [0.05, 0.1) is 53.4 Å². The Labute approximate surface area is 249 Å². The van der Waals surface area contributed by atoms with E-state index in [0.717, 1.165) is 83.4 Å². The number of anilines is 1. The molecule has 0 unspecified atom stereocenters. The van der Waals surface area contributed by atoms with Crippen LogP contribution < -0.4 is 11.1 Å². The number of fused-ring (bicyclic) bond motifs is 2. The van der Waals surface area contributed by atoms with Crippen molar-refractivity contribution < 1.29 is 9.53 Å². The van der Waals surface area contributed by atoms with Crippen molar-refractivity contribution in [2.45, 2.75) is 25.9 Å². The van der Waals surface area contributed by atoms with Gasteiger partial charge in [-0.25, -0.2) is 4.99 Å². The molecule has 2 aliphatic heterocycles. The van der Waals surface area contributed by atoms with Gasteiger partial charge in [-0.15, -0.1) is 11.3 Å². The molecule has 11 heteroatoms. The van der Waals surface area contributed by atoms with Crippen molar-refractivity contribution in [2.75, 3.05) is 51.8 Å². The normalized spacial score (nSPS) is 16.6. The van der Waals surface area contributed by atoms with Gasteiger partial charge >= 0.3 is 0 Å². The van der Waals surface area contributed by atoms with Crippen molar-refractivity contribution >= 4 is 44.7 Å². The van der Waals surface area contributed by atoms with Gasteiger partial charge in [0.2, 0.25) is 5.91 Å². The topological polar surface area (TPSA) is 114 Å². The molecule has 42 heavy (non-hydrogen) atoms. The number of thiophene rings is 1. The third-order valence-corrected chi connectivity index (χ3v) is 8.94. The Kier molecular flexibility index (Phi) is 8.59. The number of aliphatic imine (C=N–C) groups is 1. The van der Waals surface area contributed by atoms with E-state index in [-0.39, 0.29) is 5.91 Å². The molecular weight excluding hydrogens is 548 g/mol. The minimum absolute atomic E-state index is 0.0474. The van der Waals surface area contributed by atoms with Crippen molar-refractivity contribution in [1.29, 1.82) is 0 Å². The highest BCUT2D eigenvalue weighted by Crippen LogP contribution is 2.37. The largest absolute Gasteiger partial charge is 0.383 e. The number of nitrogens with zero attached hydrogens (tertiary/aromatic N) is 6. The molecule has 2 aliphatic rings. The van der Waals surface area contributed by atoms with Crippen LogP contribution in [-0.4, -0.2) is 82.7 Å². The molecule has 1 saturated heterocycles. The Balaban J connectivity index is 1.16. The summed E-state index contributed by atoms with van der Waals surface area (Å²) in [5.74, 6) is 0.518. The third kappa shape index (κ3) is 6.23. The van der Waals surface area contributed by atoms with E-state index in [1.54, 1.807) is 23.6 Å². The molecule has 0 bridgehead atoms. The number of hydrogen-bond acceptors (Lipinski definition) is 8. The van der Waals surface area contributed by atoms with Gasteiger partial charge in [-0.1, -0.05) is 12.1 Å². The quantitative estimate of drug-likeness (QED) is 0.184. The number of nitrogens with two attached hydrogens (primary N) is 1. The molecule has 5 heterocycles. The summed E-state index contributed by atoms with van der Waals surface area (Å²) in [5.41, 5.74) is 11.5. The lowest BCUT2D eigenvalue weighted by Crippen LogP contribution is -2.35. The fraction of sp³-hybridized carbons (Fsp3) is 0.355. The number of ether oxygens (including phenoxy) is 1. The number of pyridine rings is 1. The molecule has 0 atom stereocenters. The molecule has 1 amide bonds. The zero-order valence-corrected chi connectivity index (χ0v) is 24.6. The van der Waals surface area contributed by atoms with Crippen LogP contribution in [-0.2, 0) is 29.0 Å². The van der Waals surface area contributed by atoms with Crippen molar-refractivity contribution in [3.8, 4) is 0 Å². The summed E-state index contributed by atoms with van der Waals surface area (Å²) < 4.78 is 7.46. The number of benzene rings is 1. The molecule has 218 valence electrons. The number of hydrogen-bond donors (Lipinski definition) is 2. The molecule has 0 spiro atoms. The van der Waals surface area contributed by atoms with Crippen LogP contribution in [0.2, 0.25) is 0 Å². The van der Waals surface area contributed by atoms with E-state index in [0.29, 0.717) is 25.5 Å². The highest BCUT2D eigenvalue weighted by molar-refractivity contribution is 7.16. The van der Waals surface area contributed by atoms with Crippen LogP contribution in [0.5, 0.6) is 0 Å². The Hall–Kier alpha value is -4.06. The van der Waals surface area contributed by atoms with E-state index in [9.17, 15) is 4.79 Å². The Bertz CT molecular complexity index is 1600. The second-order valence-corrected chi connectivity index (χ2v) is 11.6. The van der Waals surface area contributed by atoms with E-state index in [4.69, 9.17) is 15.5 Å². The van der Waals surface area contributed by atoms with Crippen LogP contribution in [0.3, 0.4) is 0 Å². The monoisotopic (exact) mass is 584 g/mol. The maximum atomic E-state index is 13.0. The van der Waals surface area contributed by atoms with E-state index in [1.165, 1.54) is 5.56 Å². The van der Waals surface area contributed by atoms with Crippen LogP contribution in [0, 0.1) is 0 Å². The molecule has 4 aromatic rings. The summed E-state index contributed by atoms with van der Waals surface area (Å²) in [6.45, 7) is 6.07. The lowest BCUT2D eigenvalue weighted by atomic mass is 10.0. The first kappa shape index (κ1) is 28.1. The van der Waals surface area contributed by atoms with Crippen LogP contribution in [0.15, 0.2) is 65.9 Å². The molecule has 1 aromatic carbocycles. The molecule has 6 rings (SSSR count). The zero-order chi connectivity index (χ0) is 28.9. The number of nitrogens with one attached hydrogen (secondary N) is 1. The maximum absolute atomic E-state index is 13.0. The lowest BCUT2D eigenvalue weighted by Gasteiger charge is -2.26. The van der Waals surface area contributed by atoms with Crippen molar-refractivity contribution in [2.24, 2.45) is 10.7 Å². The second kappa shape index (κ2) is 12.8. The SMILES string of the molecule is CNc1sc2c(c1C(N)=Nc1ccc3c(cnn3Cc3ccccn3)c1)CCN(C(=O)/C=C/CN1CCCOCC1)C2. The maximum Gasteiger partial charge on any atom is 0.246 e. The number of carbonyl (C=O) groups excluding carboxylic acids is 1. The number of aromatic nitrogens is 3. The molecule has 10 nitrogen and oxygen atoms in total. The lowest BCUT2D eigenvalue weighted by molar-refractivity contribution is -0.126. The highest BCUT2D eigenvalue weighted by atomic mass is 32.1. The van der Waals surface area contributed by atoms with Gasteiger partial charge in [-0.3, -0.25) is 19.4 Å². The first-order chi connectivity index (χ1) is 20.6. The molecule has 3 N–H and O–H groups in total. The predicted octanol–water partition coefficient (Wildman–Crippen LogP) is 3.78. The predicted molar refractivity (Wildman–Crippen MR) is 167 cm³/mol. The molecular formula is C31H36N8O2S.